The molecule has 0 aromatic rings. The Morgan fingerprint density at radius 2 is 2.29 bits per heavy atom. The average Bonchev–Trinajstić information content (AvgIpc) is 2.81. The van der Waals surface area contributed by atoms with Crippen molar-refractivity contribution in [1.29, 1.82) is 0 Å². The van der Waals surface area contributed by atoms with Crippen molar-refractivity contribution in [2.75, 3.05) is 19.8 Å². The molecular weight excluding hydrogens is 218 g/mol. The Balaban J connectivity index is 1.97. The van der Waals surface area contributed by atoms with E-state index in [0.29, 0.717) is 5.92 Å². The first kappa shape index (κ1) is 12.8. The van der Waals surface area contributed by atoms with E-state index >= 15 is 0 Å². The van der Waals surface area contributed by atoms with Crippen LogP contribution in [0.25, 0.3) is 0 Å². The Morgan fingerprint density at radius 3 is 2.88 bits per heavy atom. The minimum absolute atomic E-state index is 0.219. The first-order valence-corrected chi connectivity index (χ1v) is 6.71. The van der Waals surface area contributed by atoms with Gasteiger partial charge in [0.2, 0.25) is 0 Å². The molecule has 1 aliphatic carbocycles. The second-order valence-corrected chi connectivity index (χ2v) is 5.53. The normalized spacial score (nSPS) is 38.2. The van der Waals surface area contributed by atoms with Gasteiger partial charge in [0.25, 0.3) is 0 Å². The van der Waals surface area contributed by atoms with Gasteiger partial charge in [0.05, 0.1) is 6.61 Å². The van der Waals surface area contributed by atoms with Gasteiger partial charge in [-0.3, -0.25) is 4.79 Å². The highest BCUT2D eigenvalue weighted by atomic mass is 16.5. The van der Waals surface area contributed by atoms with Crippen LogP contribution < -0.4 is 5.32 Å². The van der Waals surface area contributed by atoms with E-state index in [0.717, 1.165) is 51.9 Å². The molecule has 1 heterocycles. The molecular formula is C13H23NO3. The molecule has 17 heavy (non-hydrogen) atoms. The third-order valence-corrected chi connectivity index (χ3v) is 4.41. The van der Waals surface area contributed by atoms with Crippen molar-refractivity contribution >= 4 is 5.97 Å². The lowest BCUT2D eigenvalue weighted by molar-refractivity contribution is -0.149. The lowest BCUT2D eigenvalue weighted by Crippen LogP contribution is -2.59. The van der Waals surface area contributed by atoms with E-state index in [9.17, 15) is 9.90 Å². The predicted molar refractivity (Wildman–Crippen MR) is 64.9 cm³/mol. The fourth-order valence-electron chi connectivity index (χ4n) is 3.07. The number of hydrogen-bond acceptors (Lipinski definition) is 3. The molecule has 0 spiro atoms. The molecule has 98 valence electrons. The molecule has 0 bridgehead atoms. The van der Waals surface area contributed by atoms with Gasteiger partial charge in [-0.2, -0.15) is 0 Å². The standard InChI is InChI=1S/C13H23NO3/c1-10-4-2-3-6-13(10,12(15)16)14-8-11-5-7-17-9-11/h10-11,14H,2-9H2,1H3,(H,15,16). The van der Waals surface area contributed by atoms with Gasteiger partial charge < -0.3 is 15.2 Å². The SMILES string of the molecule is CC1CCCCC1(NCC1CCOC1)C(=O)O. The average molecular weight is 241 g/mol. The summed E-state index contributed by atoms with van der Waals surface area (Å²) in [6, 6.07) is 0. The van der Waals surface area contributed by atoms with E-state index in [1.165, 1.54) is 0 Å². The zero-order valence-corrected chi connectivity index (χ0v) is 10.6. The molecule has 2 N–H and O–H groups in total. The molecule has 3 unspecified atom stereocenters. The molecule has 1 saturated heterocycles. The molecule has 3 atom stereocenters. The number of ether oxygens (including phenoxy) is 1. The van der Waals surface area contributed by atoms with Gasteiger partial charge in [0.1, 0.15) is 5.54 Å². The van der Waals surface area contributed by atoms with Crippen molar-refractivity contribution in [3.05, 3.63) is 0 Å². The van der Waals surface area contributed by atoms with E-state index in [1.54, 1.807) is 0 Å². The van der Waals surface area contributed by atoms with Crippen LogP contribution in [0.5, 0.6) is 0 Å². The van der Waals surface area contributed by atoms with Crippen molar-refractivity contribution < 1.29 is 14.6 Å². The molecule has 4 nitrogen and oxygen atoms in total. The third kappa shape index (κ3) is 2.63. The van der Waals surface area contributed by atoms with Crippen LogP contribution in [-0.2, 0) is 9.53 Å². The Kier molecular flexibility index (Phi) is 4.05. The summed E-state index contributed by atoms with van der Waals surface area (Å²) in [4.78, 5) is 11.6. The van der Waals surface area contributed by atoms with Crippen LogP contribution in [0.2, 0.25) is 0 Å². The molecule has 0 amide bonds. The summed E-state index contributed by atoms with van der Waals surface area (Å²) in [6.07, 6.45) is 5.00. The zero-order chi connectivity index (χ0) is 12.3. The van der Waals surface area contributed by atoms with Gasteiger partial charge >= 0.3 is 5.97 Å². The van der Waals surface area contributed by atoms with Crippen LogP contribution in [0.4, 0.5) is 0 Å². The van der Waals surface area contributed by atoms with Crippen LogP contribution in [0.1, 0.15) is 39.0 Å². The molecule has 2 rings (SSSR count). The van der Waals surface area contributed by atoms with Crippen molar-refractivity contribution in [2.45, 2.75) is 44.6 Å². The van der Waals surface area contributed by atoms with Crippen molar-refractivity contribution in [3.63, 3.8) is 0 Å². The van der Waals surface area contributed by atoms with Gasteiger partial charge in [-0.25, -0.2) is 0 Å². The van der Waals surface area contributed by atoms with Crippen molar-refractivity contribution in [2.24, 2.45) is 11.8 Å². The predicted octanol–water partition coefficient (Wildman–Crippen LogP) is 1.65. The Bertz CT molecular complexity index is 276. The topological polar surface area (TPSA) is 58.6 Å². The van der Waals surface area contributed by atoms with Crippen LogP contribution >= 0.6 is 0 Å². The summed E-state index contributed by atoms with van der Waals surface area (Å²) in [5, 5.41) is 12.9. The molecule has 0 radical (unpaired) electrons. The minimum atomic E-state index is -0.694. The number of nitrogens with one attached hydrogen (secondary N) is 1. The van der Waals surface area contributed by atoms with E-state index < -0.39 is 11.5 Å². The number of rotatable bonds is 4. The summed E-state index contributed by atoms with van der Waals surface area (Å²) in [6.45, 7) is 4.43. The molecule has 1 aliphatic heterocycles. The molecule has 2 aliphatic rings. The first-order valence-electron chi connectivity index (χ1n) is 6.71. The number of carbonyl (C=O) groups is 1. The Morgan fingerprint density at radius 1 is 1.47 bits per heavy atom. The van der Waals surface area contributed by atoms with Crippen LogP contribution in [0.3, 0.4) is 0 Å². The lowest BCUT2D eigenvalue weighted by Gasteiger charge is -2.40. The smallest absolute Gasteiger partial charge is 0.324 e. The summed E-state index contributed by atoms with van der Waals surface area (Å²) in [5.74, 6) is 0.0278. The Hall–Kier alpha value is -0.610. The Labute approximate surface area is 103 Å². The van der Waals surface area contributed by atoms with Crippen LogP contribution in [0, 0.1) is 11.8 Å². The number of carboxylic acid groups (broad SMARTS) is 1. The second kappa shape index (κ2) is 5.36. The quantitative estimate of drug-likeness (QED) is 0.785. The van der Waals surface area contributed by atoms with Crippen molar-refractivity contribution in [1.82, 2.24) is 5.32 Å². The largest absolute Gasteiger partial charge is 0.480 e. The van der Waals surface area contributed by atoms with Gasteiger partial charge in [-0.15, -0.1) is 0 Å². The molecule has 4 heteroatoms. The summed E-state index contributed by atoms with van der Waals surface area (Å²) in [5.41, 5.74) is -0.694. The van der Waals surface area contributed by atoms with Crippen molar-refractivity contribution in [3.8, 4) is 0 Å². The van der Waals surface area contributed by atoms with Gasteiger partial charge in [-0.05, 0) is 31.1 Å². The zero-order valence-electron chi connectivity index (χ0n) is 10.6. The maximum Gasteiger partial charge on any atom is 0.324 e. The minimum Gasteiger partial charge on any atom is -0.480 e. The fraction of sp³-hybridized carbons (Fsp3) is 0.923. The maximum atomic E-state index is 11.6. The maximum absolute atomic E-state index is 11.6. The number of aliphatic carboxylic acids is 1. The monoisotopic (exact) mass is 241 g/mol. The van der Waals surface area contributed by atoms with Crippen LogP contribution in [-0.4, -0.2) is 36.4 Å². The molecule has 1 saturated carbocycles. The second-order valence-electron chi connectivity index (χ2n) is 5.53. The molecule has 0 aromatic heterocycles. The number of hydrogen-bond donors (Lipinski definition) is 2. The van der Waals surface area contributed by atoms with Gasteiger partial charge in [0, 0.05) is 13.2 Å². The van der Waals surface area contributed by atoms with Gasteiger partial charge in [-0.1, -0.05) is 19.8 Å². The van der Waals surface area contributed by atoms with Crippen LogP contribution in [0.15, 0.2) is 0 Å². The number of carboxylic acids is 1. The summed E-state index contributed by atoms with van der Waals surface area (Å²) >= 11 is 0. The first-order chi connectivity index (χ1) is 8.15. The fourth-order valence-corrected chi connectivity index (χ4v) is 3.07. The van der Waals surface area contributed by atoms with E-state index in [-0.39, 0.29) is 5.92 Å². The summed E-state index contributed by atoms with van der Waals surface area (Å²) in [7, 11) is 0. The third-order valence-electron chi connectivity index (χ3n) is 4.41. The molecule has 2 fully saturated rings. The van der Waals surface area contributed by atoms with E-state index in [1.807, 2.05) is 0 Å². The van der Waals surface area contributed by atoms with Gasteiger partial charge in [0.15, 0.2) is 0 Å². The highest BCUT2D eigenvalue weighted by Crippen LogP contribution is 2.34. The highest BCUT2D eigenvalue weighted by molar-refractivity contribution is 5.79. The van der Waals surface area contributed by atoms with E-state index in [4.69, 9.17) is 4.74 Å². The lowest BCUT2D eigenvalue weighted by atomic mass is 9.73. The summed E-state index contributed by atoms with van der Waals surface area (Å²) < 4.78 is 5.33. The van der Waals surface area contributed by atoms with E-state index in [2.05, 4.69) is 12.2 Å². The highest BCUT2D eigenvalue weighted by Gasteiger charge is 2.44. The molecule has 0 aromatic carbocycles.